The van der Waals surface area contributed by atoms with Crippen LogP contribution >= 0.6 is 0 Å². The maximum absolute atomic E-state index is 13.2. The summed E-state index contributed by atoms with van der Waals surface area (Å²) < 4.78 is 1.65. The van der Waals surface area contributed by atoms with Crippen molar-refractivity contribution >= 4 is 22.7 Å². The van der Waals surface area contributed by atoms with Gasteiger partial charge in [-0.3, -0.25) is 19.4 Å². The van der Waals surface area contributed by atoms with Crippen molar-refractivity contribution < 1.29 is 9.59 Å². The molecule has 9 nitrogen and oxygen atoms in total. The maximum Gasteiger partial charge on any atom is 0.256 e. The van der Waals surface area contributed by atoms with Crippen LogP contribution in [0.3, 0.4) is 0 Å². The fourth-order valence-electron chi connectivity index (χ4n) is 4.82. The Labute approximate surface area is 174 Å². The number of hydrogen-bond donors (Lipinski definition) is 1. The van der Waals surface area contributed by atoms with E-state index in [1.54, 1.807) is 24.1 Å². The molecule has 2 atom stereocenters. The Morgan fingerprint density at radius 2 is 1.87 bits per heavy atom. The van der Waals surface area contributed by atoms with Gasteiger partial charge in [-0.2, -0.15) is 5.10 Å². The van der Waals surface area contributed by atoms with Gasteiger partial charge in [0, 0.05) is 38.6 Å². The molecule has 2 fully saturated rings. The summed E-state index contributed by atoms with van der Waals surface area (Å²) in [6, 6.07) is 5.72. The van der Waals surface area contributed by atoms with Gasteiger partial charge >= 0.3 is 0 Å². The number of aryl methyl sites for hydroxylation is 1. The topological polar surface area (TPSA) is 100 Å². The van der Waals surface area contributed by atoms with Crippen LogP contribution < -0.4 is 0 Å². The number of amides is 2. The molecule has 2 aliphatic rings. The lowest BCUT2D eigenvalue weighted by Gasteiger charge is -2.22. The van der Waals surface area contributed by atoms with Gasteiger partial charge in [-0.1, -0.05) is 17.3 Å². The molecule has 3 aromatic rings. The van der Waals surface area contributed by atoms with E-state index in [1.165, 1.54) is 0 Å². The quantitative estimate of drug-likeness (QED) is 0.704. The number of benzene rings is 1. The van der Waals surface area contributed by atoms with Crippen LogP contribution in [0, 0.1) is 11.8 Å². The average molecular weight is 407 g/mol. The second-order valence-electron chi connectivity index (χ2n) is 8.35. The van der Waals surface area contributed by atoms with Gasteiger partial charge in [-0.15, -0.1) is 5.10 Å². The Morgan fingerprint density at radius 3 is 2.57 bits per heavy atom. The van der Waals surface area contributed by atoms with Gasteiger partial charge < -0.3 is 9.80 Å². The zero-order chi connectivity index (χ0) is 20.7. The molecule has 2 aliphatic heterocycles. The van der Waals surface area contributed by atoms with E-state index >= 15 is 0 Å². The molecule has 0 aliphatic carbocycles. The van der Waals surface area contributed by atoms with Crippen LogP contribution in [-0.4, -0.2) is 73.0 Å². The average Bonchev–Trinajstić information content (AvgIpc) is 3.45. The first-order chi connectivity index (χ1) is 14.6. The van der Waals surface area contributed by atoms with Crippen molar-refractivity contribution in [1.29, 1.82) is 0 Å². The number of hydrogen-bond acceptors (Lipinski definition) is 5. The lowest BCUT2D eigenvalue weighted by atomic mass is 9.92. The summed E-state index contributed by atoms with van der Waals surface area (Å²) in [5, 5.41) is 15.7. The molecule has 156 valence electrons. The summed E-state index contributed by atoms with van der Waals surface area (Å²) in [6.45, 7) is 2.98. The monoisotopic (exact) mass is 407 g/mol. The third-order valence-electron chi connectivity index (χ3n) is 6.60. The number of para-hydroxylation sites is 1. The highest BCUT2D eigenvalue weighted by atomic mass is 16.2. The Balaban J connectivity index is 1.23. The second-order valence-corrected chi connectivity index (χ2v) is 8.35. The van der Waals surface area contributed by atoms with Crippen LogP contribution in [0.25, 0.3) is 10.9 Å². The van der Waals surface area contributed by atoms with Crippen molar-refractivity contribution in [3.05, 3.63) is 41.9 Å². The zero-order valence-corrected chi connectivity index (χ0v) is 17.0. The SMILES string of the molecule is Cn1nncc1CC(=O)N1CC[C@@H]2CN(C(=O)c3cccc4cn[nH]c34)C[C@@H]2CC1. The Kier molecular flexibility index (Phi) is 4.72. The molecule has 9 heteroatoms. The molecular formula is C21H25N7O2. The van der Waals surface area contributed by atoms with Crippen molar-refractivity contribution in [2.75, 3.05) is 26.2 Å². The third kappa shape index (κ3) is 3.34. The summed E-state index contributed by atoms with van der Waals surface area (Å²) in [7, 11) is 1.80. The van der Waals surface area contributed by atoms with Crippen LogP contribution in [0.2, 0.25) is 0 Å². The summed E-state index contributed by atoms with van der Waals surface area (Å²) in [4.78, 5) is 29.8. The molecule has 0 bridgehead atoms. The van der Waals surface area contributed by atoms with Crippen LogP contribution in [-0.2, 0) is 18.3 Å². The molecule has 2 saturated heterocycles. The van der Waals surface area contributed by atoms with Crippen LogP contribution in [0.15, 0.2) is 30.6 Å². The summed E-state index contributed by atoms with van der Waals surface area (Å²) in [6.07, 6.45) is 5.58. The van der Waals surface area contributed by atoms with E-state index in [0.717, 1.165) is 55.6 Å². The van der Waals surface area contributed by atoms with E-state index in [2.05, 4.69) is 20.5 Å². The Bertz CT molecular complexity index is 1070. The van der Waals surface area contributed by atoms with Crippen molar-refractivity contribution in [3.8, 4) is 0 Å². The first-order valence-corrected chi connectivity index (χ1v) is 10.4. The summed E-state index contributed by atoms with van der Waals surface area (Å²) in [5.74, 6) is 1.06. The lowest BCUT2D eigenvalue weighted by Crippen LogP contribution is -2.35. The molecule has 2 aromatic heterocycles. The van der Waals surface area contributed by atoms with Crippen LogP contribution in [0.5, 0.6) is 0 Å². The fourth-order valence-corrected chi connectivity index (χ4v) is 4.82. The molecule has 0 unspecified atom stereocenters. The highest BCUT2D eigenvalue weighted by molar-refractivity contribution is 6.05. The van der Waals surface area contributed by atoms with Gasteiger partial charge in [-0.05, 0) is 30.7 Å². The van der Waals surface area contributed by atoms with E-state index < -0.39 is 0 Å². The number of H-pyrrole nitrogens is 1. The van der Waals surface area contributed by atoms with Gasteiger partial charge in [-0.25, -0.2) is 0 Å². The number of carbonyl (C=O) groups is 2. The van der Waals surface area contributed by atoms with Crippen molar-refractivity contribution in [1.82, 2.24) is 35.0 Å². The number of likely N-dealkylation sites (tertiary alicyclic amines) is 2. The largest absolute Gasteiger partial charge is 0.342 e. The minimum Gasteiger partial charge on any atom is -0.342 e. The van der Waals surface area contributed by atoms with Crippen LogP contribution in [0.4, 0.5) is 0 Å². The number of aromatic amines is 1. The molecular weight excluding hydrogens is 382 g/mol. The Morgan fingerprint density at radius 1 is 1.10 bits per heavy atom. The molecule has 0 spiro atoms. The highest BCUT2D eigenvalue weighted by Crippen LogP contribution is 2.33. The zero-order valence-electron chi connectivity index (χ0n) is 17.0. The summed E-state index contributed by atoms with van der Waals surface area (Å²) >= 11 is 0. The lowest BCUT2D eigenvalue weighted by molar-refractivity contribution is -0.130. The number of rotatable bonds is 3. The van der Waals surface area contributed by atoms with Crippen molar-refractivity contribution in [2.45, 2.75) is 19.3 Å². The predicted octanol–water partition coefficient (Wildman–Crippen LogP) is 1.24. The summed E-state index contributed by atoms with van der Waals surface area (Å²) in [5.41, 5.74) is 2.31. The van der Waals surface area contributed by atoms with E-state index in [-0.39, 0.29) is 11.8 Å². The number of fused-ring (bicyclic) bond motifs is 2. The maximum atomic E-state index is 13.2. The van der Waals surface area contributed by atoms with Crippen molar-refractivity contribution in [2.24, 2.45) is 18.9 Å². The van der Waals surface area contributed by atoms with Gasteiger partial charge in [0.05, 0.1) is 35.6 Å². The first kappa shape index (κ1) is 18.8. The second kappa shape index (κ2) is 7.55. The smallest absolute Gasteiger partial charge is 0.256 e. The predicted molar refractivity (Wildman–Crippen MR) is 109 cm³/mol. The normalized spacial score (nSPS) is 21.6. The fraction of sp³-hybridized carbons (Fsp3) is 0.476. The minimum atomic E-state index is 0.0644. The molecule has 1 N–H and O–H groups in total. The van der Waals surface area contributed by atoms with Crippen molar-refractivity contribution in [3.63, 3.8) is 0 Å². The Hall–Kier alpha value is -3.23. The number of nitrogens with one attached hydrogen (secondary N) is 1. The van der Waals surface area contributed by atoms with Gasteiger partial charge in [0.25, 0.3) is 5.91 Å². The number of carbonyl (C=O) groups excluding carboxylic acids is 2. The molecule has 0 radical (unpaired) electrons. The van der Waals surface area contributed by atoms with Crippen LogP contribution in [0.1, 0.15) is 28.9 Å². The minimum absolute atomic E-state index is 0.0644. The molecule has 5 rings (SSSR count). The highest BCUT2D eigenvalue weighted by Gasteiger charge is 2.38. The molecule has 4 heterocycles. The number of aromatic nitrogens is 5. The first-order valence-electron chi connectivity index (χ1n) is 10.4. The van der Waals surface area contributed by atoms with Gasteiger partial charge in [0.15, 0.2) is 0 Å². The van der Waals surface area contributed by atoms with E-state index in [0.29, 0.717) is 23.8 Å². The molecule has 2 amide bonds. The molecule has 0 saturated carbocycles. The number of nitrogens with zero attached hydrogens (tertiary/aromatic N) is 6. The standard InChI is InChI=1S/C21H25N7O2/c1-26-17(11-23-25-26)9-19(29)27-7-5-15-12-28(13-16(15)6-8-27)21(30)18-4-2-3-14-10-22-24-20(14)18/h2-4,10-11,15-16H,5-9,12-13H2,1H3,(H,22,24)/t15-,16+. The van der Waals surface area contributed by atoms with E-state index in [4.69, 9.17) is 0 Å². The third-order valence-corrected chi connectivity index (χ3v) is 6.60. The van der Waals surface area contributed by atoms with Gasteiger partial charge in [0.2, 0.25) is 5.91 Å². The van der Waals surface area contributed by atoms with E-state index in [1.807, 2.05) is 28.0 Å². The molecule has 1 aromatic carbocycles. The molecule has 30 heavy (non-hydrogen) atoms. The van der Waals surface area contributed by atoms with Gasteiger partial charge in [0.1, 0.15) is 0 Å². The van der Waals surface area contributed by atoms with E-state index in [9.17, 15) is 9.59 Å².